The molecule has 0 unspecified atom stereocenters. The first-order chi connectivity index (χ1) is 7.58. The fourth-order valence-electron chi connectivity index (χ4n) is 1.57. The number of rotatable bonds is 2. The van der Waals surface area contributed by atoms with Gasteiger partial charge >= 0.3 is 6.09 Å². The first kappa shape index (κ1) is 10.4. The smallest absolute Gasteiger partial charge is 0.414 e. The molecule has 0 aromatic heterocycles. The maximum Gasteiger partial charge on any atom is 0.414 e. The standard InChI is InChI=1S/C10H10N2O4/c1-7-6-11(10(13)16-7)8-2-4-9(5-3-8)12(14)15/h2-5,7H,6H2,1H3/t7-/m0/s1. The van der Waals surface area contributed by atoms with E-state index in [0.29, 0.717) is 12.2 Å². The molecule has 0 aliphatic carbocycles. The molecule has 1 saturated heterocycles. The van der Waals surface area contributed by atoms with Gasteiger partial charge in [-0.15, -0.1) is 0 Å². The second-order valence-corrected chi connectivity index (χ2v) is 3.58. The molecule has 0 bridgehead atoms. The number of amides is 1. The molecule has 16 heavy (non-hydrogen) atoms. The summed E-state index contributed by atoms with van der Waals surface area (Å²) in [4.78, 5) is 22.8. The van der Waals surface area contributed by atoms with Gasteiger partial charge in [0, 0.05) is 17.8 Å². The van der Waals surface area contributed by atoms with E-state index in [-0.39, 0.29) is 11.8 Å². The van der Waals surface area contributed by atoms with Gasteiger partial charge in [0.2, 0.25) is 0 Å². The molecule has 2 rings (SSSR count). The quantitative estimate of drug-likeness (QED) is 0.566. The largest absolute Gasteiger partial charge is 0.444 e. The highest BCUT2D eigenvalue weighted by Crippen LogP contribution is 2.23. The Kier molecular flexibility index (Phi) is 2.47. The summed E-state index contributed by atoms with van der Waals surface area (Å²) in [7, 11) is 0. The highest BCUT2D eigenvalue weighted by molar-refractivity contribution is 5.89. The molecule has 0 spiro atoms. The van der Waals surface area contributed by atoms with E-state index in [1.54, 1.807) is 6.92 Å². The minimum atomic E-state index is -0.477. The van der Waals surface area contributed by atoms with Gasteiger partial charge in [0.15, 0.2) is 0 Å². The number of ether oxygens (including phenoxy) is 1. The van der Waals surface area contributed by atoms with Gasteiger partial charge in [0.25, 0.3) is 5.69 Å². The van der Waals surface area contributed by atoms with Crippen molar-refractivity contribution in [1.29, 1.82) is 0 Å². The van der Waals surface area contributed by atoms with Crippen LogP contribution in [0.1, 0.15) is 6.92 Å². The maximum atomic E-state index is 11.4. The molecular weight excluding hydrogens is 212 g/mol. The van der Waals surface area contributed by atoms with Gasteiger partial charge in [-0.1, -0.05) is 0 Å². The van der Waals surface area contributed by atoms with Crippen molar-refractivity contribution >= 4 is 17.5 Å². The van der Waals surface area contributed by atoms with Crippen molar-refractivity contribution in [3.05, 3.63) is 34.4 Å². The zero-order valence-electron chi connectivity index (χ0n) is 8.62. The summed E-state index contributed by atoms with van der Waals surface area (Å²) in [5, 5.41) is 10.5. The zero-order valence-corrected chi connectivity index (χ0v) is 8.62. The summed E-state index contributed by atoms with van der Waals surface area (Å²) in [6, 6.07) is 5.81. The number of benzene rings is 1. The molecule has 1 fully saturated rings. The molecule has 1 aliphatic rings. The van der Waals surface area contributed by atoms with Crippen molar-refractivity contribution < 1.29 is 14.5 Å². The Bertz CT molecular complexity index is 429. The van der Waals surface area contributed by atoms with Crippen molar-refractivity contribution in [1.82, 2.24) is 0 Å². The highest BCUT2D eigenvalue weighted by Gasteiger charge is 2.29. The fraction of sp³-hybridized carbons (Fsp3) is 0.300. The van der Waals surface area contributed by atoms with Gasteiger partial charge in [-0.05, 0) is 19.1 Å². The van der Waals surface area contributed by atoms with Gasteiger partial charge in [-0.3, -0.25) is 15.0 Å². The van der Waals surface area contributed by atoms with E-state index in [0.717, 1.165) is 0 Å². The van der Waals surface area contributed by atoms with Gasteiger partial charge in [-0.2, -0.15) is 0 Å². The summed E-state index contributed by atoms with van der Waals surface area (Å²) in [5.41, 5.74) is 0.615. The van der Waals surface area contributed by atoms with Crippen LogP contribution < -0.4 is 4.90 Å². The fourth-order valence-corrected chi connectivity index (χ4v) is 1.57. The molecule has 6 nitrogen and oxygen atoms in total. The molecule has 1 atom stereocenters. The number of hydrogen-bond donors (Lipinski definition) is 0. The van der Waals surface area contributed by atoms with Gasteiger partial charge in [0.05, 0.1) is 11.5 Å². The minimum absolute atomic E-state index is 0.00404. The molecule has 0 radical (unpaired) electrons. The lowest BCUT2D eigenvalue weighted by molar-refractivity contribution is -0.384. The van der Waals surface area contributed by atoms with Crippen LogP contribution in [0.3, 0.4) is 0 Å². The second kappa shape index (κ2) is 3.80. The number of non-ortho nitro benzene ring substituents is 1. The summed E-state index contributed by atoms with van der Waals surface area (Å²) in [6.45, 7) is 2.26. The Hall–Kier alpha value is -2.11. The summed E-state index contributed by atoms with van der Waals surface area (Å²) >= 11 is 0. The van der Waals surface area contributed by atoms with Crippen molar-refractivity contribution in [3.63, 3.8) is 0 Å². The van der Waals surface area contributed by atoms with Crippen LogP contribution in [-0.2, 0) is 4.74 Å². The van der Waals surface area contributed by atoms with Crippen molar-refractivity contribution in [3.8, 4) is 0 Å². The molecule has 1 aromatic carbocycles. The average molecular weight is 222 g/mol. The van der Waals surface area contributed by atoms with E-state index >= 15 is 0 Å². The van der Waals surface area contributed by atoms with Crippen LogP contribution in [0.4, 0.5) is 16.2 Å². The Balaban J connectivity index is 2.22. The predicted octanol–water partition coefficient (Wildman–Crippen LogP) is 1.94. The van der Waals surface area contributed by atoms with E-state index in [2.05, 4.69) is 0 Å². The lowest BCUT2D eigenvalue weighted by atomic mass is 10.2. The number of nitro groups is 1. The van der Waals surface area contributed by atoms with Crippen LogP contribution in [0.15, 0.2) is 24.3 Å². The Morgan fingerprint density at radius 3 is 2.50 bits per heavy atom. The molecule has 0 N–H and O–H groups in total. The van der Waals surface area contributed by atoms with Crippen molar-refractivity contribution in [2.24, 2.45) is 0 Å². The number of anilines is 1. The Morgan fingerprint density at radius 2 is 2.06 bits per heavy atom. The molecule has 6 heteroatoms. The molecular formula is C10H10N2O4. The van der Waals surface area contributed by atoms with Gasteiger partial charge in [-0.25, -0.2) is 4.79 Å². The highest BCUT2D eigenvalue weighted by atomic mass is 16.6. The minimum Gasteiger partial charge on any atom is -0.444 e. The van der Waals surface area contributed by atoms with Crippen LogP contribution >= 0.6 is 0 Å². The predicted molar refractivity (Wildman–Crippen MR) is 56.4 cm³/mol. The lowest BCUT2D eigenvalue weighted by Crippen LogP contribution is -2.23. The Morgan fingerprint density at radius 1 is 1.44 bits per heavy atom. The van der Waals surface area contributed by atoms with Crippen LogP contribution in [-0.4, -0.2) is 23.7 Å². The number of nitro benzene ring substituents is 1. The van der Waals surface area contributed by atoms with Crippen LogP contribution in [0.5, 0.6) is 0 Å². The van der Waals surface area contributed by atoms with E-state index < -0.39 is 11.0 Å². The zero-order chi connectivity index (χ0) is 11.7. The summed E-state index contributed by atoms with van der Waals surface area (Å²) < 4.78 is 4.96. The van der Waals surface area contributed by atoms with Crippen LogP contribution in [0.2, 0.25) is 0 Å². The van der Waals surface area contributed by atoms with E-state index in [1.807, 2.05) is 0 Å². The normalized spacial score (nSPS) is 19.7. The SMILES string of the molecule is C[C@H]1CN(c2ccc([N+](=O)[O-])cc2)C(=O)O1. The summed E-state index contributed by atoms with van der Waals surface area (Å²) in [6.07, 6.45) is -0.566. The molecule has 1 amide bonds. The Labute approximate surface area is 91.6 Å². The van der Waals surface area contributed by atoms with Gasteiger partial charge < -0.3 is 4.74 Å². The van der Waals surface area contributed by atoms with Crippen molar-refractivity contribution in [2.45, 2.75) is 13.0 Å². The first-order valence-electron chi connectivity index (χ1n) is 4.80. The molecule has 0 saturated carbocycles. The molecule has 84 valence electrons. The average Bonchev–Trinajstić information content (AvgIpc) is 2.58. The third-order valence-corrected chi connectivity index (χ3v) is 2.33. The molecule has 1 aliphatic heterocycles. The van der Waals surface area contributed by atoms with E-state index in [1.165, 1.54) is 29.2 Å². The topological polar surface area (TPSA) is 72.7 Å². The number of hydrogen-bond acceptors (Lipinski definition) is 4. The van der Waals surface area contributed by atoms with Gasteiger partial charge in [0.1, 0.15) is 6.10 Å². The van der Waals surface area contributed by atoms with E-state index in [4.69, 9.17) is 4.74 Å². The maximum absolute atomic E-state index is 11.4. The third-order valence-electron chi connectivity index (χ3n) is 2.33. The number of cyclic esters (lactones) is 1. The first-order valence-corrected chi connectivity index (χ1v) is 4.80. The monoisotopic (exact) mass is 222 g/mol. The lowest BCUT2D eigenvalue weighted by Gasteiger charge is -2.11. The number of carbonyl (C=O) groups is 1. The molecule has 1 aromatic rings. The number of carbonyl (C=O) groups excluding carboxylic acids is 1. The van der Waals surface area contributed by atoms with E-state index in [9.17, 15) is 14.9 Å². The van der Waals surface area contributed by atoms with Crippen LogP contribution in [0.25, 0.3) is 0 Å². The van der Waals surface area contributed by atoms with Crippen molar-refractivity contribution in [2.75, 3.05) is 11.4 Å². The third kappa shape index (κ3) is 1.81. The van der Waals surface area contributed by atoms with Crippen LogP contribution in [0, 0.1) is 10.1 Å². The second-order valence-electron chi connectivity index (χ2n) is 3.58. The summed E-state index contributed by atoms with van der Waals surface area (Å²) in [5.74, 6) is 0. The number of nitrogens with zero attached hydrogens (tertiary/aromatic N) is 2. The molecule has 1 heterocycles.